The van der Waals surface area contributed by atoms with Crippen LogP contribution in [0, 0.1) is 0 Å². The first-order chi connectivity index (χ1) is 7.10. The van der Waals surface area contributed by atoms with Gasteiger partial charge in [-0.2, -0.15) is 0 Å². The van der Waals surface area contributed by atoms with E-state index in [-0.39, 0.29) is 11.4 Å². The summed E-state index contributed by atoms with van der Waals surface area (Å²) in [6.45, 7) is 0. The van der Waals surface area contributed by atoms with E-state index in [0.29, 0.717) is 10.8 Å². The molecule has 0 radical (unpaired) electrons. The fourth-order valence-electron chi connectivity index (χ4n) is 1.07. The summed E-state index contributed by atoms with van der Waals surface area (Å²) in [4.78, 5) is 22.6. The normalized spacial score (nSPS) is 9.80. The molecule has 0 aliphatic carbocycles. The number of carbonyl (C=O) groups excluding carboxylic acids is 2. The van der Waals surface area contributed by atoms with Crippen LogP contribution < -0.4 is 4.74 Å². The lowest BCUT2D eigenvalue weighted by Crippen LogP contribution is -2.16. The number of ketones is 2. The molecule has 0 N–H and O–H groups in total. The maximum atomic E-state index is 11.5. The highest BCUT2D eigenvalue weighted by molar-refractivity contribution is 6.52. The van der Waals surface area contributed by atoms with Crippen LogP contribution in [-0.4, -0.2) is 24.6 Å². The molecule has 1 rings (SSSR count). The second-order valence-corrected chi connectivity index (χ2v) is 3.43. The largest absolute Gasteiger partial charge is 0.496 e. The molecule has 0 unspecified atom stereocenters. The summed E-state index contributed by atoms with van der Waals surface area (Å²) in [6.07, 6.45) is 0. The molecule has 0 aromatic heterocycles. The number of rotatable bonds is 4. The van der Waals surface area contributed by atoms with Crippen molar-refractivity contribution in [3.8, 4) is 5.75 Å². The lowest BCUT2D eigenvalue weighted by atomic mass is 10.1. The molecule has 0 fully saturated rings. The average Bonchev–Trinajstić information content (AvgIpc) is 2.27. The number of hydrogen-bond donors (Lipinski definition) is 0. The monoisotopic (exact) mass is 246 g/mol. The van der Waals surface area contributed by atoms with Gasteiger partial charge in [0.05, 0.1) is 18.6 Å². The van der Waals surface area contributed by atoms with E-state index in [1.165, 1.54) is 19.2 Å². The molecule has 1 aromatic rings. The number of alkyl halides is 1. The second-order valence-electron chi connectivity index (χ2n) is 2.73. The van der Waals surface area contributed by atoms with Crippen LogP contribution in [0.3, 0.4) is 0 Å². The van der Waals surface area contributed by atoms with Crippen molar-refractivity contribution >= 4 is 34.8 Å². The first-order valence-corrected chi connectivity index (χ1v) is 4.98. The Kier molecular flexibility index (Phi) is 4.12. The number of ether oxygens (including phenoxy) is 1. The van der Waals surface area contributed by atoms with Gasteiger partial charge in [-0.25, -0.2) is 0 Å². The summed E-state index contributed by atoms with van der Waals surface area (Å²) in [5.74, 6) is -1.42. The summed E-state index contributed by atoms with van der Waals surface area (Å²) < 4.78 is 4.94. The predicted octanol–water partition coefficient (Wildman–Crippen LogP) is 2.34. The van der Waals surface area contributed by atoms with Gasteiger partial charge >= 0.3 is 0 Å². The van der Waals surface area contributed by atoms with E-state index in [4.69, 9.17) is 27.9 Å². The van der Waals surface area contributed by atoms with Gasteiger partial charge in [-0.05, 0) is 18.2 Å². The van der Waals surface area contributed by atoms with E-state index in [0.717, 1.165) is 0 Å². The molecule has 15 heavy (non-hydrogen) atoms. The van der Waals surface area contributed by atoms with Crippen LogP contribution in [0.4, 0.5) is 0 Å². The van der Waals surface area contributed by atoms with Gasteiger partial charge in [0.2, 0.25) is 11.6 Å². The van der Waals surface area contributed by atoms with Crippen LogP contribution in [0.2, 0.25) is 5.02 Å². The van der Waals surface area contributed by atoms with Crippen molar-refractivity contribution < 1.29 is 14.3 Å². The van der Waals surface area contributed by atoms with Gasteiger partial charge in [0.25, 0.3) is 0 Å². The van der Waals surface area contributed by atoms with Gasteiger partial charge in [0.1, 0.15) is 5.75 Å². The summed E-state index contributed by atoms with van der Waals surface area (Å²) in [6, 6.07) is 4.48. The highest BCUT2D eigenvalue weighted by atomic mass is 35.5. The zero-order chi connectivity index (χ0) is 11.4. The molecule has 0 atom stereocenters. The fraction of sp³-hybridized carbons (Fsp3) is 0.200. The Bertz CT molecular complexity index is 402. The van der Waals surface area contributed by atoms with Crippen molar-refractivity contribution in [1.82, 2.24) is 0 Å². The van der Waals surface area contributed by atoms with Gasteiger partial charge in [0, 0.05) is 5.02 Å². The molecular formula is C10H8Cl2O3. The first kappa shape index (κ1) is 12.0. The Balaban J connectivity index is 3.17. The SMILES string of the molecule is COc1ccc(Cl)cc1C(=O)C(=O)CCl. The first-order valence-electron chi connectivity index (χ1n) is 4.07. The van der Waals surface area contributed by atoms with Crippen LogP contribution >= 0.6 is 23.2 Å². The number of halogens is 2. The van der Waals surface area contributed by atoms with Crippen LogP contribution in [-0.2, 0) is 4.79 Å². The Hall–Kier alpha value is -1.06. The highest BCUT2D eigenvalue weighted by Gasteiger charge is 2.19. The maximum absolute atomic E-state index is 11.5. The molecule has 0 heterocycles. The van der Waals surface area contributed by atoms with Crippen molar-refractivity contribution in [2.75, 3.05) is 13.0 Å². The van der Waals surface area contributed by atoms with Crippen LogP contribution in [0.25, 0.3) is 0 Å². The van der Waals surface area contributed by atoms with E-state index in [2.05, 4.69) is 0 Å². The average molecular weight is 247 g/mol. The van der Waals surface area contributed by atoms with Gasteiger partial charge in [0.15, 0.2) is 0 Å². The van der Waals surface area contributed by atoms with Crippen molar-refractivity contribution in [1.29, 1.82) is 0 Å². The van der Waals surface area contributed by atoms with Crippen molar-refractivity contribution in [2.24, 2.45) is 0 Å². The summed E-state index contributed by atoms with van der Waals surface area (Å²) in [5, 5.41) is 0.363. The maximum Gasteiger partial charge on any atom is 0.233 e. The van der Waals surface area contributed by atoms with Crippen LogP contribution in [0.1, 0.15) is 10.4 Å². The number of benzene rings is 1. The van der Waals surface area contributed by atoms with E-state index < -0.39 is 11.6 Å². The standard InChI is InChI=1S/C10H8Cl2O3/c1-15-9-3-2-6(12)4-7(9)10(14)8(13)5-11/h2-4H,5H2,1H3. The lowest BCUT2D eigenvalue weighted by Gasteiger charge is -2.06. The van der Waals surface area contributed by atoms with E-state index in [9.17, 15) is 9.59 Å². The van der Waals surface area contributed by atoms with E-state index in [1.807, 2.05) is 0 Å². The molecule has 0 saturated heterocycles. The minimum atomic E-state index is -0.690. The molecule has 5 heteroatoms. The third-order valence-electron chi connectivity index (χ3n) is 1.78. The van der Waals surface area contributed by atoms with Gasteiger partial charge < -0.3 is 4.74 Å². The minimum Gasteiger partial charge on any atom is -0.496 e. The number of carbonyl (C=O) groups is 2. The zero-order valence-electron chi connectivity index (χ0n) is 7.92. The molecule has 80 valence electrons. The minimum absolute atomic E-state index is 0.135. The zero-order valence-corrected chi connectivity index (χ0v) is 9.43. The summed E-state index contributed by atoms with van der Waals surface area (Å²) >= 11 is 11.0. The van der Waals surface area contributed by atoms with Crippen molar-refractivity contribution in [2.45, 2.75) is 0 Å². The van der Waals surface area contributed by atoms with Crippen LogP contribution in [0.15, 0.2) is 18.2 Å². The molecular weight excluding hydrogens is 239 g/mol. The Labute approximate surface area is 96.9 Å². The quantitative estimate of drug-likeness (QED) is 0.466. The van der Waals surface area contributed by atoms with Crippen LogP contribution in [0.5, 0.6) is 5.75 Å². The highest BCUT2D eigenvalue weighted by Crippen LogP contribution is 2.23. The van der Waals surface area contributed by atoms with Gasteiger partial charge in [-0.1, -0.05) is 11.6 Å². The molecule has 3 nitrogen and oxygen atoms in total. The number of Topliss-reactive ketones (excluding diaryl/α,β-unsaturated/α-hetero) is 2. The molecule has 0 saturated carbocycles. The summed E-state index contributed by atoms with van der Waals surface area (Å²) in [5.41, 5.74) is 0.135. The lowest BCUT2D eigenvalue weighted by molar-refractivity contribution is -0.112. The van der Waals surface area contributed by atoms with E-state index in [1.54, 1.807) is 6.07 Å². The molecule has 0 aliphatic rings. The van der Waals surface area contributed by atoms with Gasteiger partial charge in [-0.15, -0.1) is 11.6 Å². The number of methoxy groups -OCH3 is 1. The summed E-state index contributed by atoms with van der Waals surface area (Å²) in [7, 11) is 1.41. The molecule has 0 amide bonds. The molecule has 0 spiro atoms. The van der Waals surface area contributed by atoms with E-state index >= 15 is 0 Å². The Morgan fingerprint density at radius 3 is 2.60 bits per heavy atom. The predicted molar refractivity (Wildman–Crippen MR) is 58.1 cm³/mol. The Morgan fingerprint density at radius 1 is 1.40 bits per heavy atom. The molecule has 1 aromatic carbocycles. The smallest absolute Gasteiger partial charge is 0.233 e. The number of hydrogen-bond acceptors (Lipinski definition) is 3. The fourth-order valence-corrected chi connectivity index (χ4v) is 1.36. The Morgan fingerprint density at radius 2 is 2.07 bits per heavy atom. The molecule has 0 bridgehead atoms. The van der Waals surface area contributed by atoms with Gasteiger partial charge in [-0.3, -0.25) is 9.59 Å². The van der Waals surface area contributed by atoms with Crippen molar-refractivity contribution in [3.05, 3.63) is 28.8 Å². The molecule has 0 aliphatic heterocycles. The third kappa shape index (κ3) is 2.70. The third-order valence-corrected chi connectivity index (χ3v) is 2.26. The van der Waals surface area contributed by atoms with Crippen molar-refractivity contribution in [3.63, 3.8) is 0 Å². The second kappa shape index (κ2) is 5.14. The topological polar surface area (TPSA) is 43.4 Å².